The van der Waals surface area contributed by atoms with Gasteiger partial charge >= 0.3 is 0 Å². The fraction of sp³-hybridized carbons (Fsp3) is 0.600. The summed E-state index contributed by atoms with van der Waals surface area (Å²) in [5.74, 6) is -0.0894. The van der Waals surface area contributed by atoms with Crippen molar-refractivity contribution in [2.24, 2.45) is 5.41 Å². The third-order valence-electron chi connectivity index (χ3n) is 2.95. The van der Waals surface area contributed by atoms with Gasteiger partial charge in [0, 0.05) is 18.7 Å². The van der Waals surface area contributed by atoms with Gasteiger partial charge in [0.15, 0.2) is 0 Å². The smallest absolute Gasteiger partial charge is 0.124 e. The van der Waals surface area contributed by atoms with Crippen LogP contribution in [0.25, 0.3) is 0 Å². The molecule has 102 valence electrons. The van der Waals surface area contributed by atoms with E-state index >= 15 is 0 Å². The van der Waals surface area contributed by atoms with Crippen LogP contribution < -0.4 is 5.32 Å². The van der Waals surface area contributed by atoms with Gasteiger partial charge in [-0.2, -0.15) is 0 Å². The maximum Gasteiger partial charge on any atom is 0.124 e. The summed E-state index contributed by atoms with van der Waals surface area (Å²) < 4.78 is 14.0. The molecule has 0 radical (unpaired) electrons. The van der Waals surface area contributed by atoms with E-state index in [1.165, 1.54) is 0 Å². The molecule has 0 saturated carbocycles. The molecule has 1 aliphatic rings. The lowest BCUT2D eigenvalue weighted by molar-refractivity contribution is 0.287. The summed E-state index contributed by atoms with van der Waals surface area (Å²) in [6.07, 6.45) is 8.68. The molecule has 2 nitrogen and oxygen atoms in total. The zero-order valence-electron chi connectivity index (χ0n) is 11.6. The van der Waals surface area contributed by atoms with Gasteiger partial charge in [-0.1, -0.05) is 32.9 Å². The average molecular weight is 253 g/mol. The monoisotopic (exact) mass is 253 g/mol. The standard InChI is InChI=1S/C15H24FNO/c1-4-6-12(7-5-10-18)17-14-8-9-15(2,3)11-13(14)16/h6,8-9,17-18H,4-5,7,10-11H2,1-3H3/b12-6-. The summed E-state index contributed by atoms with van der Waals surface area (Å²) in [7, 11) is 0. The molecule has 0 aromatic heterocycles. The van der Waals surface area contributed by atoms with Gasteiger partial charge in [0.1, 0.15) is 5.83 Å². The molecule has 0 amide bonds. The van der Waals surface area contributed by atoms with Crippen molar-refractivity contribution >= 4 is 0 Å². The lowest BCUT2D eigenvalue weighted by atomic mass is 9.84. The Morgan fingerprint density at radius 1 is 1.56 bits per heavy atom. The lowest BCUT2D eigenvalue weighted by Crippen LogP contribution is -2.20. The van der Waals surface area contributed by atoms with E-state index in [0.717, 1.165) is 18.5 Å². The molecule has 0 fully saturated rings. The summed E-state index contributed by atoms with van der Waals surface area (Å²) in [6, 6.07) is 0. The molecule has 0 aromatic carbocycles. The zero-order chi connectivity index (χ0) is 13.6. The van der Waals surface area contributed by atoms with Crippen molar-refractivity contribution < 1.29 is 9.50 Å². The fourth-order valence-corrected chi connectivity index (χ4v) is 1.97. The number of allylic oxidation sites excluding steroid dienone is 5. The lowest BCUT2D eigenvalue weighted by Gasteiger charge is -2.25. The molecular weight excluding hydrogens is 229 g/mol. The first-order chi connectivity index (χ1) is 8.48. The number of aliphatic hydroxyl groups excluding tert-OH is 1. The molecule has 1 rings (SSSR count). The van der Waals surface area contributed by atoms with Crippen molar-refractivity contribution in [3.8, 4) is 0 Å². The van der Waals surface area contributed by atoms with Gasteiger partial charge in [-0.3, -0.25) is 0 Å². The molecule has 0 aliphatic heterocycles. The number of hydrogen-bond donors (Lipinski definition) is 2. The Morgan fingerprint density at radius 2 is 2.28 bits per heavy atom. The second-order valence-corrected chi connectivity index (χ2v) is 5.41. The van der Waals surface area contributed by atoms with E-state index in [-0.39, 0.29) is 17.8 Å². The Labute approximate surface area is 109 Å². The minimum atomic E-state index is -0.102. The van der Waals surface area contributed by atoms with Crippen molar-refractivity contribution in [2.75, 3.05) is 6.61 Å². The van der Waals surface area contributed by atoms with E-state index in [9.17, 15) is 4.39 Å². The molecule has 0 bridgehead atoms. The van der Waals surface area contributed by atoms with Gasteiger partial charge in [-0.05, 0) is 30.8 Å². The number of hydrogen-bond acceptors (Lipinski definition) is 2. The fourth-order valence-electron chi connectivity index (χ4n) is 1.97. The predicted molar refractivity (Wildman–Crippen MR) is 73.5 cm³/mol. The molecule has 18 heavy (non-hydrogen) atoms. The van der Waals surface area contributed by atoms with Crippen LogP contribution >= 0.6 is 0 Å². The summed E-state index contributed by atoms with van der Waals surface area (Å²) in [5.41, 5.74) is 1.45. The van der Waals surface area contributed by atoms with E-state index in [0.29, 0.717) is 18.5 Å². The van der Waals surface area contributed by atoms with Crippen LogP contribution in [-0.4, -0.2) is 11.7 Å². The molecule has 1 aliphatic carbocycles. The van der Waals surface area contributed by atoms with Gasteiger partial charge < -0.3 is 10.4 Å². The molecule has 0 saturated heterocycles. The predicted octanol–water partition coefficient (Wildman–Crippen LogP) is 3.81. The Kier molecular flexibility index (Phi) is 5.60. The highest BCUT2D eigenvalue weighted by Gasteiger charge is 2.22. The average Bonchev–Trinajstić information content (AvgIpc) is 2.29. The Morgan fingerprint density at radius 3 is 2.83 bits per heavy atom. The van der Waals surface area contributed by atoms with E-state index in [4.69, 9.17) is 5.11 Å². The first-order valence-electron chi connectivity index (χ1n) is 6.63. The molecule has 0 unspecified atom stereocenters. The van der Waals surface area contributed by atoms with Crippen LogP contribution in [0.15, 0.2) is 35.4 Å². The summed E-state index contributed by atoms with van der Waals surface area (Å²) >= 11 is 0. The van der Waals surface area contributed by atoms with Crippen molar-refractivity contribution in [3.05, 3.63) is 35.4 Å². The van der Waals surface area contributed by atoms with Crippen molar-refractivity contribution in [1.29, 1.82) is 0 Å². The normalized spacial score (nSPS) is 19.3. The van der Waals surface area contributed by atoms with Crippen LogP contribution in [0.5, 0.6) is 0 Å². The number of halogens is 1. The zero-order valence-corrected chi connectivity index (χ0v) is 11.6. The minimum Gasteiger partial charge on any atom is -0.396 e. The Balaban J connectivity index is 2.71. The largest absolute Gasteiger partial charge is 0.396 e. The van der Waals surface area contributed by atoms with Gasteiger partial charge in [0.2, 0.25) is 0 Å². The van der Waals surface area contributed by atoms with E-state index < -0.39 is 0 Å². The second-order valence-electron chi connectivity index (χ2n) is 5.41. The first-order valence-corrected chi connectivity index (χ1v) is 6.63. The third kappa shape index (κ3) is 4.65. The van der Waals surface area contributed by atoms with Crippen LogP contribution in [0.2, 0.25) is 0 Å². The molecule has 0 heterocycles. The van der Waals surface area contributed by atoms with Crippen molar-refractivity contribution in [1.82, 2.24) is 5.32 Å². The van der Waals surface area contributed by atoms with Crippen LogP contribution in [0.4, 0.5) is 4.39 Å². The Bertz CT molecular complexity index is 367. The van der Waals surface area contributed by atoms with E-state index in [2.05, 4.69) is 5.32 Å². The first kappa shape index (κ1) is 15.0. The SMILES string of the molecule is CC/C=C(/CCCO)NC1=C(F)CC(C)(C)C=C1. The topological polar surface area (TPSA) is 32.3 Å². The molecule has 0 spiro atoms. The minimum absolute atomic E-state index is 0.0894. The van der Waals surface area contributed by atoms with Crippen LogP contribution in [0.3, 0.4) is 0 Å². The van der Waals surface area contributed by atoms with Crippen LogP contribution in [-0.2, 0) is 0 Å². The summed E-state index contributed by atoms with van der Waals surface area (Å²) in [4.78, 5) is 0. The van der Waals surface area contributed by atoms with Gasteiger partial charge in [-0.15, -0.1) is 0 Å². The molecular formula is C15H24FNO. The quantitative estimate of drug-likeness (QED) is 0.754. The maximum absolute atomic E-state index is 14.0. The maximum atomic E-state index is 14.0. The highest BCUT2D eigenvalue weighted by molar-refractivity contribution is 5.30. The molecule has 2 N–H and O–H groups in total. The molecule has 3 heteroatoms. The molecule has 0 aromatic rings. The third-order valence-corrected chi connectivity index (χ3v) is 2.95. The molecule has 0 atom stereocenters. The number of nitrogens with one attached hydrogen (secondary N) is 1. The summed E-state index contributed by atoms with van der Waals surface area (Å²) in [6.45, 7) is 6.25. The number of aliphatic hydroxyl groups is 1. The van der Waals surface area contributed by atoms with Crippen LogP contribution in [0.1, 0.15) is 46.5 Å². The second kappa shape index (κ2) is 6.74. The highest BCUT2D eigenvalue weighted by Crippen LogP contribution is 2.33. The van der Waals surface area contributed by atoms with Crippen molar-refractivity contribution in [3.63, 3.8) is 0 Å². The van der Waals surface area contributed by atoms with Gasteiger partial charge in [-0.25, -0.2) is 4.39 Å². The van der Waals surface area contributed by atoms with Crippen LogP contribution in [0, 0.1) is 5.41 Å². The van der Waals surface area contributed by atoms with Gasteiger partial charge in [0.25, 0.3) is 0 Å². The van der Waals surface area contributed by atoms with E-state index in [1.807, 2.05) is 39.0 Å². The summed E-state index contributed by atoms with van der Waals surface area (Å²) in [5, 5.41) is 12.0. The van der Waals surface area contributed by atoms with Crippen molar-refractivity contribution in [2.45, 2.75) is 46.5 Å². The number of rotatable bonds is 6. The Hall–Kier alpha value is -1.09. The van der Waals surface area contributed by atoms with E-state index in [1.54, 1.807) is 0 Å². The van der Waals surface area contributed by atoms with Gasteiger partial charge in [0.05, 0.1) is 5.70 Å². The highest BCUT2D eigenvalue weighted by atomic mass is 19.1.